The predicted octanol–water partition coefficient (Wildman–Crippen LogP) is 2.26. The van der Waals surface area contributed by atoms with Crippen molar-refractivity contribution in [1.82, 2.24) is 25.4 Å². The second-order valence-corrected chi connectivity index (χ2v) is 8.92. The third kappa shape index (κ3) is 3.30. The summed E-state index contributed by atoms with van der Waals surface area (Å²) in [6.07, 6.45) is 5.33. The Morgan fingerprint density at radius 2 is 2.18 bits per heavy atom. The lowest BCUT2D eigenvalue weighted by Crippen LogP contribution is -2.49. The van der Waals surface area contributed by atoms with Crippen molar-refractivity contribution in [1.29, 1.82) is 0 Å². The van der Waals surface area contributed by atoms with E-state index in [1.807, 2.05) is 30.0 Å². The molecule has 28 heavy (non-hydrogen) atoms. The molecule has 2 aliphatic heterocycles. The first-order valence-corrected chi connectivity index (χ1v) is 10.6. The van der Waals surface area contributed by atoms with Crippen molar-refractivity contribution in [3.05, 3.63) is 40.1 Å². The van der Waals surface area contributed by atoms with Crippen LogP contribution in [0.4, 0.5) is 0 Å². The lowest BCUT2D eigenvalue weighted by Gasteiger charge is -2.35. The van der Waals surface area contributed by atoms with Gasteiger partial charge in [0.05, 0.1) is 18.4 Å². The smallest absolute Gasteiger partial charge is 0.229 e. The van der Waals surface area contributed by atoms with Gasteiger partial charge in [-0.3, -0.25) is 14.6 Å². The number of fused-ring (bicyclic) bond motifs is 2. The molecule has 2 saturated heterocycles. The molecule has 0 aromatic carbocycles. The van der Waals surface area contributed by atoms with Gasteiger partial charge >= 0.3 is 0 Å². The third-order valence-electron chi connectivity index (χ3n) is 6.14. The molecule has 2 amide bonds. The summed E-state index contributed by atoms with van der Waals surface area (Å²) in [5.74, 6) is 0.111. The van der Waals surface area contributed by atoms with E-state index in [0.717, 1.165) is 41.4 Å². The minimum atomic E-state index is -0.511. The number of rotatable bonds is 6. The fourth-order valence-corrected chi connectivity index (χ4v) is 5.48. The average molecular weight is 400 g/mol. The fraction of sp³-hybridized carbons (Fsp3) is 0.550. The summed E-state index contributed by atoms with van der Waals surface area (Å²) < 4.78 is 0. The van der Waals surface area contributed by atoms with Gasteiger partial charge in [-0.15, -0.1) is 10.2 Å². The zero-order chi connectivity index (χ0) is 19.7. The number of hydrogen-bond acceptors (Lipinski definition) is 6. The molecule has 0 radical (unpaired) electrons. The van der Waals surface area contributed by atoms with E-state index in [9.17, 15) is 9.59 Å². The van der Waals surface area contributed by atoms with Crippen LogP contribution in [-0.4, -0.2) is 44.0 Å². The highest BCUT2D eigenvalue weighted by Gasteiger charge is 2.60. The van der Waals surface area contributed by atoms with Gasteiger partial charge < -0.3 is 10.2 Å². The lowest BCUT2D eigenvalue weighted by molar-refractivity contribution is -0.136. The highest BCUT2D eigenvalue weighted by molar-refractivity contribution is 7.11. The molecule has 8 heteroatoms. The van der Waals surface area contributed by atoms with Crippen LogP contribution in [0.25, 0.3) is 0 Å². The molecule has 2 aliphatic rings. The van der Waals surface area contributed by atoms with Gasteiger partial charge in [0, 0.05) is 24.0 Å². The molecular formula is C20H25N5O2S. The molecular weight excluding hydrogens is 374 g/mol. The van der Waals surface area contributed by atoms with Crippen LogP contribution < -0.4 is 5.32 Å². The largest absolute Gasteiger partial charge is 0.349 e. The van der Waals surface area contributed by atoms with E-state index < -0.39 is 5.41 Å². The number of aromatic nitrogens is 3. The Hall–Kier alpha value is -2.35. The number of carbonyl (C=O) groups is 2. The molecule has 4 heterocycles. The van der Waals surface area contributed by atoms with Crippen molar-refractivity contribution in [3.8, 4) is 0 Å². The fourth-order valence-electron chi connectivity index (χ4n) is 4.83. The number of aryl methyl sites for hydroxylation is 1. The Morgan fingerprint density at radius 3 is 2.86 bits per heavy atom. The monoisotopic (exact) mass is 399 g/mol. The topological polar surface area (TPSA) is 88.1 Å². The van der Waals surface area contributed by atoms with Crippen LogP contribution in [0.15, 0.2) is 24.4 Å². The van der Waals surface area contributed by atoms with Gasteiger partial charge in [0.25, 0.3) is 0 Å². The molecule has 0 aliphatic carbocycles. The van der Waals surface area contributed by atoms with E-state index in [2.05, 4.69) is 27.4 Å². The molecule has 3 atom stereocenters. The highest BCUT2D eigenvalue weighted by Crippen LogP contribution is 2.52. The molecule has 1 N–H and O–H groups in total. The Balaban J connectivity index is 1.47. The first-order chi connectivity index (χ1) is 13.5. The number of carbonyl (C=O) groups excluding carboxylic acids is 2. The van der Waals surface area contributed by atoms with Gasteiger partial charge in [-0.1, -0.05) is 24.3 Å². The quantitative estimate of drug-likeness (QED) is 0.805. The maximum Gasteiger partial charge on any atom is 0.229 e. The van der Waals surface area contributed by atoms with Gasteiger partial charge in [0.15, 0.2) is 0 Å². The Labute approximate surface area is 168 Å². The molecule has 0 saturated carbocycles. The number of nitrogens with one attached hydrogen (secondary N) is 1. The second kappa shape index (κ2) is 7.58. The van der Waals surface area contributed by atoms with E-state index in [-0.39, 0.29) is 23.9 Å². The van der Waals surface area contributed by atoms with Gasteiger partial charge in [-0.05, 0) is 44.7 Å². The van der Waals surface area contributed by atoms with Crippen LogP contribution in [0.2, 0.25) is 0 Å². The molecule has 2 bridgehead atoms. The van der Waals surface area contributed by atoms with Crippen LogP contribution in [0, 0.1) is 12.3 Å². The van der Waals surface area contributed by atoms with Gasteiger partial charge in [0.1, 0.15) is 10.0 Å². The average Bonchev–Trinajstić information content (AvgIpc) is 3.40. The van der Waals surface area contributed by atoms with Crippen molar-refractivity contribution in [2.75, 3.05) is 0 Å². The number of amides is 2. The van der Waals surface area contributed by atoms with Crippen molar-refractivity contribution in [3.63, 3.8) is 0 Å². The van der Waals surface area contributed by atoms with E-state index in [0.29, 0.717) is 13.0 Å². The number of pyridine rings is 1. The van der Waals surface area contributed by atoms with Crippen LogP contribution in [0.1, 0.15) is 48.3 Å². The van der Waals surface area contributed by atoms with Crippen LogP contribution in [0.5, 0.6) is 0 Å². The van der Waals surface area contributed by atoms with Gasteiger partial charge in [-0.2, -0.15) is 0 Å². The van der Waals surface area contributed by atoms with Gasteiger partial charge in [0.2, 0.25) is 11.8 Å². The Morgan fingerprint density at radius 1 is 1.32 bits per heavy atom. The van der Waals surface area contributed by atoms with E-state index in [4.69, 9.17) is 0 Å². The van der Waals surface area contributed by atoms with E-state index >= 15 is 0 Å². The number of hydrogen-bond donors (Lipinski definition) is 1. The third-order valence-corrected chi connectivity index (χ3v) is 6.98. The SMILES string of the molecule is CC[C@]1(C(=O)NCc2nnc(C)s2)C[C@H]2CC[C@@H]1N2C(=O)Cc1ccccn1. The zero-order valence-corrected chi connectivity index (χ0v) is 17.0. The van der Waals surface area contributed by atoms with Crippen molar-refractivity contribution >= 4 is 23.2 Å². The maximum absolute atomic E-state index is 13.2. The summed E-state index contributed by atoms with van der Waals surface area (Å²) in [4.78, 5) is 32.5. The summed E-state index contributed by atoms with van der Waals surface area (Å²) in [5.41, 5.74) is 0.264. The first-order valence-electron chi connectivity index (χ1n) is 9.82. The molecule has 2 fully saturated rings. The maximum atomic E-state index is 13.2. The normalized spacial score (nSPS) is 25.9. The predicted molar refractivity (Wildman–Crippen MR) is 105 cm³/mol. The van der Waals surface area contributed by atoms with Crippen molar-refractivity contribution < 1.29 is 9.59 Å². The molecule has 2 aromatic rings. The van der Waals surface area contributed by atoms with Crippen LogP contribution in [0.3, 0.4) is 0 Å². The highest BCUT2D eigenvalue weighted by atomic mass is 32.1. The summed E-state index contributed by atoms with van der Waals surface area (Å²) in [5, 5.41) is 12.8. The summed E-state index contributed by atoms with van der Waals surface area (Å²) >= 11 is 1.49. The van der Waals surface area contributed by atoms with Crippen molar-refractivity contribution in [2.45, 2.75) is 64.6 Å². The molecule has 0 unspecified atom stereocenters. The molecule has 0 spiro atoms. The van der Waals surface area contributed by atoms with Crippen molar-refractivity contribution in [2.24, 2.45) is 5.41 Å². The molecule has 7 nitrogen and oxygen atoms in total. The summed E-state index contributed by atoms with van der Waals surface area (Å²) in [7, 11) is 0. The molecule has 2 aromatic heterocycles. The van der Waals surface area contributed by atoms with Crippen LogP contribution in [-0.2, 0) is 22.6 Å². The van der Waals surface area contributed by atoms with E-state index in [1.54, 1.807) is 6.20 Å². The molecule has 148 valence electrons. The zero-order valence-electron chi connectivity index (χ0n) is 16.2. The Kier molecular flexibility index (Phi) is 5.14. The minimum absolute atomic E-state index is 0.0325. The Bertz CT molecular complexity index is 870. The second-order valence-electron chi connectivity index (χ2n) is 7.66. The minimum Gasteiger partial charge on any atom is -0.349 e. The number of nitrogens with zero attached hydrogens (tertiary/aromatic N) is 4. The first kappa shape index (κ1) is 19.0. The molecule has 4 rings (SSSR count). The van der Waals surface area contributed by atoms with E-state index in [1.165, 1.54) is 11.3 Å². The summed E-state index contributed by atoms with van der Waals surface area (Å²) in [6.45, 7) is 4.35. The summed E-state index contributed by atoms with van der Waals surface area (Å²) in [6, 6.07) is 5.73. The van der Waals surface area contributed by atoms with Gasteiger partial charge in [-0.25, -0.2) is 0 Å². The lowest BCUT2D eigenvalue weighted by atomic mass is 9.71. The van der Waals surface area contributed by atoms with Crippen LogP contribution >= 0.6 is 11.3 Å². The standard InChI is InChI=1S/C20H25N5O2S/c1-3-20(19(27)22-12-17-24-23-13(2)28-17)11-15-7-8-16(20)25(15)18(26)10-14-6-4-5-9-21-14/h4-6,9,15-16H,3,7-8,10-12H2,1-2H3,(H,22,27)/t15-,16+,20+/m1/s1.